The van der Waals surface area contributed by atoms with Crippen LogP contribution in [0.2, 0.25) is 5.02 Å². The molecule has 1 aliphatic heterocycles. The summed E-state index contributed by atoms with van der Waals surface area (Å²) in [6, 6.07) is 18.1. The summed E-state index contributed by atoms with van der Waals surface area (Å²) in [6.45, 7) is 0. The Morgan fingerprint density at radius 3 is 2.50 bits per heavy atom. The predicted molar refractivity (Wildman–Crippen MR) is 121 cm³/mol. The van der Waals surface area contributed by atoms with Gasteiger partial charge in [0.2, 0.25) is 0 Å². The van der Waals surface area contributed by atoms with E-state index in [-0.39, 0.29) is 4.32 Å². The fourth-order valence-electron chi connectivity index (χ4n) is 3.11. The molecule has 0 unspecified atom stereocenters. The van der Waals surface area contributed by atoms with Crippen LogP contribution in [0.25, 0.3) is 17.4 Å². The molecule has 3 aromatic rings. The lowest BCUT2D eigenvalue weighted by molar-refractivity contribution is -0.145. The Labute approximate surface area is 186 Å². The molecule has 1 saturated heterocycles. The van der Waals surface area contributed by atoms with Gasteiger partial charge in [0.05, 0.1) is 9.93 Å². The zero-order valence-corrected chi connectivity index (χ0v) is 17.7. The van der Waals surface area contributed by atoms with Crippen LogP contribution >= 0.6 is 35.6 Å². The van der Waals surface area contributed by atoms with Gasteiger partial charge < -0.3 is 9.52 Å². The van der Waals surface area contributed by atoms with E-state index in [1.54, 1.807) is 54.6 Å². The number of thioether (sulfide) groups is 1. The summed E-state index contributed by atoms with van der Waals surface area (Å²) in [5.74, 6) is -0.623. The summed E-state index contributed by atoms with van der Waals surface area (Å²) < 4.78 is 6.00. The minimum Gasteiger partial charge on any atom is -0.479 e. The number of rotatable bonds is 5. The van der Waals surface area contributed by atoms with Gasteiger partial charge in [-0.25, -0.2) is 4.79 Å². The number of carboxylic acid groups (broad SMARTS) is 1. The fraction of sp³-hybridized carbons (Fsp3) is 0.0455. The molecule has 4 rings (SSSR count). The number of amides is 1. The number of carboxylic acids is 1. The third kappa shape index (κ3) is 3.92. The number of nitrogens with zero attached hydrogens (tertiary/aromatic N) is 1. The topological polar surface area (TPSA) is 70.8 Å². The monoisotopic (exact) mass is 455 g/mol. The van der Waals surface area contributed by atoms with Gasteiger partial charge in [-0.15, -0.1) is 0 Å². The average molecular weight is 456 g/mol. The van der Waals surface area contributed by atoms with E-state index in [1.807, 2.05) is 18.2 Å². The highest BCUT2D eigenvalue weighted by Crippen LogP contribution is 2.39. The molecular formula is C22H14ClNO4S2. The molecule has 1 N–H and O–H groups in total. The number of benzene rings is 2. The van der Waals surface area contributed by atoms with Crippen LogP contribution in [-0.4, -0.2) is 26.2 Å². The number of hydrogen-bond acceptors (Lipinski definition) is 5. The Morgan fingerprint density at radius 1 is 1.10 bits per heavy atom. The van der Waals surface area contributed by atoms with Crippen LogP contribution in [-0.2, 0) is 9.59 Å². The lowest BCUT2D eigenvalue weighted by Gasteiger charge is -2.23. The second-order valence-corrected chi connectivity index (χ2v) is 8.47. The lowest BCUT2D eigenvalue weighted by atomic mass is 10.1. The van der Waals surface area contributed by atoms with Crippen LogP contribution in [0.3, 0.4) is 0 Å². The maximum Gasteiger partial charge on any atom is 0.331 e. The summed E-state index contributed by atoms with van der Waals surface area (Å²) in [4.78, 5) is 26.3. The van der Waals surface area contributed by atoms with Crippen LogP contribution in [0.4, 0.5) is 0 Å². The van der Waals surface area contributed by atoms with Gasteiger partial charge in [-0.3, -0.25) is 9.69 Å². The molecule has 0 spiro atoms. The third-order valence-corrected chi connectivity index (χ3v) is 6.13. The molecule has 1 atom stereocenters. The summed E-state index contributed by atoms with van der Waals surface area (Å²) >= 11 is 12.6. The van der Waals surface area contributed by atoms with Crippen molar-refractivity contribution in [1.82, 2.24) is 4.90 Å². The van der Waals surface area contributed by atoms with Crippen molar-refractivity contribution < 1.29 is 19.1 Å². The van der Waals surface area contributed by atoms with E-state index in [0.717, 1.165) is 22.2 Å². The van der Waals surface area contributed by atoms with Crippen molar-refractivity contribution in [1.29, 1.82) is 0 Å². The van der Waals surface area contributed by atoms with Crippen LogP contribution in [0.5, 0.6) is 0 Å². The Hall–Kier alpha value is -2.87. The minimum atomic E-state index is -1.19. The van der Waals surface area contributed by atoms with Crippen LogP contribution in [0.1, 0.15) is 17.4 Å². The molecule has 0 aliphatic carbocycles. The molecule has 2 heterocycles. The van der Waals surface area contributed by atoms with Gasteiger partial charge in [0.1, 0.15) is 15.8 Å². The van der Waals surface area contributed by atoms with Crippen LogP contribution in [0.15, 0.2) is 76.1 Å². The summed E-state index contributed by atoms with van der Waals surface area (Å²) in [5, 5.41) is 10.3. The zero-order valence-electron chi connectivity index (χ0n) is 15.3. The predicted octanol–water partition coefficient (Wildman–Crippen LogP) is 5.63. The number of hydrogen-bond donors (Lipinski definition) is 1. The molecule has 1 fully saturated rings. The van der Waals surface area contributed by atoms with Gasteiger partial charge in [0, 0.05) is 11.6 Å². The largest absolute Gasteiger partial charge is 0.479 e. The molecule has 150 valence electrons. The van der Waals surface area contributed by atoms with Gasteiger partial charge in [0.25, 0.3) is 5.91 Å². The molecule has 0 saturated carbocycles. The van der Waals surface area contributed by atoms with E-state index in [1.165, 1.54) is 0 Å². The highest BCUT2D eigenvalue weighted by molar-refractivity contribution is 8.26. The van der Waals surface area contributed by atoms with E-state index >= 15 is 0 Å². The Bertz CT molecular complexity index is 1170. The summed E-state index contributed by atoms with van der Waals surface area (Å²) in [6.07, 6.45) is 1.56. The fourth-order valence-corrected chi connectivity index (χ4v) is 4.63. The Morgan fingerprint density at radius 2 is 1.80 bits per heavy atom. The quantitative estimate of drug-likeness (QED) is 0.397. The molecule has 30 heavy (non-hydrogen) atoms. The Balaban J connectivity index is 1.64. The normalized spacial score (nSPS) is 16.3. The molecule has 2 aromatic carbocycles. The van der Waals surface area contributed by atoms with Gasteiger partial charge in [-0.2, -0.15) is 0 Å². The first-order valence-electron chi connectivity index (χ1n) is 8.85. The second-order valence-electron chi connectivity index (χ2n) is 6.39. The number of carbonyl (C=O) groups is 2. The summed E-state index contributed by atoms with van der Waals surface area (Å²) in [7, 11) is 0. The van der Waals surface area contributed by atoms with Crippen molar-refractivity contribution in [2.75, 3.05) is 0 Å². The molecule has 0 bridgehead atoms. The van der Waals surface area contributed by atoms with Crippen LogP contribution in [0, 0.1) is 0 Å². The van der Waals surface area contributed by atoms with Gasteiger partial charge >= 0.3 is 5.97 Å². The maximum atomic E-state index is 13.0. The van der Waals surface area contributed by atoms with E-state index in [4.69, 9.17) is 28.2 Å². The maximum absolute atomic E-state index is 13.0. The highest BCUT2D eigenvalue weighted by Gasteiger charge is 2.41. The van der Waals surface area contributed by atoms with Crippen molar-refractivity contribution in [2.45, 2.75) is 6.04 Å². The number of furan rings is 1. The SMILES string of the molecule is O=C(O)[C@H](c1ccccc1)N1C(=O)/C(=C\c2ccc(-c3ccccc3Cl)o2)SC1=S. The number of thiocarbonyl (C=S) groups is 1. The number of aliphatic carboxylic acids is 1. The van der Waals surface area contributed by atoms with Crippen molar-refractivity contribution in [2.24, 2.45) is 0 Å². The van der Waals surface area contributed by atoms with Crippen LogP contribution < -0.4 is 0 Å². The first kappa shape index (κ1) is 20.4. The molecule has 1 aromatic heterocycles. The third-order valence-electron chi connectivity index (χ3n) is 4.47. The molecule has 1 aliphatic rings. The van der Waals surface area contributed by atoms with E-state index < -0.39 is 17.9 Å². The zero-order chi connectivity index (χ0) is 21.3. The summed E-state index contributed by atoms with van der Waals surface area (Å²) in [5.41, 5.74) is 1.21. The van der Waals surface area contributed by atoms with Crippen molar-refractivity contribution in [3.8, 4) is 11.3 Å². The average Bonchev–Trinajstić information content (AvgIpc) is 3.29. The van der Waals surface area contributed by atoms with Crippen molar-refractivity contribution in [3.63, 3.8) is 0 Å². The number of carbonyl (C=O) groups excluding carboxylic acids is 1. The molecule has 0 radical (unpaired) electrons. The Kier molecular flexibility index (Phi) is 5.76. The molecular weight excluding hydrogens is 442 g/mol. The van der Waals surface area contributed by atoms with Gasteiger partial charge in [-0.1, -0.05) is 78.0 Å². The highest BCUT2D eigenvalue weighted by atomic mass is 35.5. The van der Waals surface area contributed by atoms with Gasteiger partial charge in [0.15, 0.2) is 6.04 Å². The van der Waals surface area contributed by atoms with Gasteiger partial charge in [-0.05, 0) is 29.8 Å². The van der Waals surface area contributed by atoms with Crippen molar-refractivity contribution >= 4 is 57.9 Å². The molecule has 5 nitrogen and oxygen atoms in total. The minimum absolute atomic E-state index is 0.181. The number of halogens is 1. The molecule has 1 amide bonds. The van der Waals surface area contributed by atoms with E-state index in [9.17, 15) is 14.7 Å². The molecule has 8 heteroatoms. The standard InChI is InChI=1S/C22H14ClNO4S2/c23-16-9-5-4-8-15(16)17-11-10-14(28-17)12-18-20(25)24(22(29)30-18)19(21(26)27)13-6-2-1-3-7-13/h1-12,19H,(H,26,27)/b18-12+/t19-/m0/s1. The first-order chi connectivity index (χ1) is 14.5. The van der Waals surface area contributed by atoms with E-state index in [2.05, 4.69) is 0 Å². The van der Waals surface area contributed by atoms with E-state index in [0.29, 0.717) is 27.0 Å². The first-order valence-corrected chi connectivity index (χ1v) is 10.5. The smallest absolute Gasteiger partial charge is 0.331 e. The van der Waals surface area contributed by atoms with Crippen molar-refractivity contribution in [3.05, 3.63) is 88.0 Å². The second kappa shape index (κ2) is 8.47. The lowest BCUT2D eigenvalue weighted by Crippen LogP contribution is -2.37.